The Hall–Kier alpha value is -0.720. The van der Waals surface area contributed by atoms with Crippen molar-refractivity contribution < 1.29 is 4.74 Å². The lowest BCUT2D eigenvalue weighted by Crippen LogP contribution is -1.90. The Bertz CT molecular complexity index is 154. The van der Waals surface area contributed by atoms with Crippen LogP contribution < -0.4 is 0 Å². The van der Waals surface area contributed by atoms with Gasteiger partial charge in [-0.25, -0.2) is 0 Å². The fraction of sp³-hybridized carbons (Fsp3) is 0.600. The molecule has 0 spiro atoms. The highest BCUT2D eigenvalue weighted by atomic mass is 16.5. The first-order valence-corrected chi connectivity index (χ1v) is 4.24. The van der Waals surface area contributed by atoms with Gasteiger partial charge in [0.15, 0.2) is 0 Å². The molecule has 1 aliphatic rings. The fourth-order valence-electron chi connectivity index (χ4n) is 0.958. The second-order valence-electron chi connectivity index (χ2n) is 2.34. The fourth-order valence-corrected chi connectivity index (χ4v) is 0.958. The molecule has 0 radical (unpaired) electrons. The van der Waals surface area contributed by atoms with Crippen molar-refractivity contribution in [3.05, 3.63) is 23.5 Å². The van der Waals surface area contributed by atoms with Crippen LogP contribution in [0.25, 0.3) is 0 Å². The molecule has 1 nitrogen and oxygen atoms in total. The van der Waals surface area contributed by atoms with Gasteiger partial charge < -0.3 is 4.74 Å². The molecule has 0 aromatic rings. The zero-order chi connectivity index (χ0) is 8.69. The quantitative estimate of drug-likeness (QED) is 0.563. The van der Waals surface area contributed by atoms with Gasteiger partial charge in [0.1, 0.15) is 5.76 Å². The van der Waals surface area contributed by atoms with E-state index in [-0.39, 0.29) is 0 Å². The van der Waals surface area contributed by atoms with Gasteiger partial charge in [0, 0.05) is 0 Å². The van der Waals surface area contributed by atoms with Crippen LogP contribution in [0.3, 0.4) is 0 Å². The van der Waals surface area contributed by atoms with Crippen LogP contribution in [0, 0.1) is 0 Å². The maximum atomic E-state index is 5.05. The van der Waals surface area contributed by atoms with Crippen LogP contribution in [-0.2, 0) is 4.74 Å². The van der Waals surface area contributed by atoms with Crippen molar-refractivity contribution in [2.24, 2.45) is 0 Å². The lowest BCUT2D eigenvalue weighted by Gasteiger charge is -2.08. The second kappa shape index (κ2) is 6.02. The molecule has 0 N–H and O–H groups in total. The molecule has 11 heavy (non-hydrogen) atoms. The lowest BCUT2D eigenvalue weighted by atomic mass is 10.1. The zero-order valence-electron chi connectivity index (χ0n) is 7.98. The first-order valence-electron chi connectivity index (χ1n) is 4.24. The Kier molecular flexibility index (Phi) is 5.63. The molecule has 0 saturated heterocycles. The summed E-state index contributed by atoms with van der Waals surface area (Å²) in [6, 6.07) is 0. The van der Waals surface area contributed by atoms with Crippen molar-refractivity contribution in [1.82, 2.24) is 0 Å². The Labute approximate surface area is 69.8 Å². The Balaban J connectivity index is 0.000000461. The standard InChI is InChI=1S/C8H12O.C2H6/c1-7-4-3-5-8(6-7)9-2;1-2/h5-6H,3-4H2,1-2H3;1-2H3. The van der Waals surface area contributed by atoms with Crippen LogP contribution >= 0.6 is 0 Å². The Morgan fingerprint density at radius 3 is 2.36 bits per heavy atom. The number of methoxy groups -OCH3 is 1. The minimum atomic E-state index is 1.01. The Morgan fingerprint density at radius 1 is 1.36 bits per heavy atom. The average Bonchev–Trinajstić information content (AvgIpc) is 2.08. The summed E-state index contributed by atoms with van der Waals surface area (Å²) >= 11 is 0. The van der Waals surface area contributed by atoms with E-state index in [1.54, 1.807) is 7.11 Å². The van der Waals surface area contributed by atoms with Crippen molar-refractivity contribution in [2.45, 2.75) is 33.6 Å². The number of allylic oxidation sites excluding steroid dienone is 3. The summed E-state index contributed by atoms with van der Waals surface area (Å²) in [6.45, 7) is 6.13. The van der Waals surface area contributed by atoms with Crippen LogP contribution in [-0.4, -0.2) is 7.11 Å². The SMILES string of the molecule is CC.COC1=CCCC(C)=C1. The molecule has 0 saturated carbocycles. The number of hydrogen-bond acceptors (Lipinski definition) is 1. The maximum Gasteiger partial charge on any atom is 0.114 e. The van der Waals surface area contributed by atoms with Gasteiger partial charge in [-0.05, 0) is 31.9 Å². The smallest absolute Gasteiger partial charge is 0.114 e. The highest BCUT2D eigenvalue weighted by Gasteiger charge is 1.99. The monoisotopic (exact) mass is 154 g/mol. The first-order chi connectivity index (χ1) is 5.33. The summed E-state index contributed by atoms with van der Waals surface area (Å²) in [5, 5.41) is 0. The molecule has 1 rings (SSSR count). The van der Waals surface area contributed by atoms with Crippen LogP contribution in [0.4, 0.5) is 0 Å². The molecular formula is C10H18O. The topological polar surface area (TPSA) is 9.23 Å². The van der Waals surface area contributed by atoms with E-state index in [9.17, 15) is 0 Å². The number of ether oxygens (including phenoxy) is 1. The van der Waals surface area contributed by atoms with E-state index in [0.717, 1.165) is 12.2 Å². The molecule has 1 heteroatoms. The van der Waals surface area contributed by atoms with Gasteiger partial charge in [-0.2, -0.15) is 0 Å². The van der Waals surface area contributed by atoms with E-state index in [4.69, 9.17) is 4.74 Å². The number of rotatable bonds is 1. The molecule has 0 aliphatic heterocycles. The molecule has 64 valence electrons. The normalized spacial score (nSPS) is 15.6. The van der Waals surface area contributed by atoms with E-state index in [1.165, 1.54) is 12.0 Å². The van der Waals surface area contributed by atoms with Crippen molar-refractivity contribution in [1.29, 1.82) is 0 Å². The van der Waals surface area contributed by atoms with Gasteiger partial charge in [-0.3, -0.25) is 0 Å². The molecule has 1 aliphatic carbocycles. The molecule has 0 bridgehead atoms. The molecule has 0 atom stereocenters. The minimum Gasteiger partial charge on any atom is -0.497 e. The summed E-state index contributed by atoms with van der Waals surface area (Å²) < 4.78 is 5.05. The third-order valence-corrected chi connectivity index (χ3v) is 1.51. The second-order valence-corrected chi connectivity index (χ2v) is 2.34. The van der Waals surface area contributed by atoms with E-state index in [1.807, 2.05) is 13.8 Å². The van der Waals surface area contributed by atoms with Gasteiger partial charge in [0.05, 0.1) is 7.11 Å². The van der Waals surface area contributed by atoms with Crippen LogP contribution in [0.5, 0.6) is 0 Å². The van der Waals surface area contributed by atoms with Crippen molar-refractivity contribution >= 4 is 0 Å². The maximum absolute atomic E-state index is 5.05. The van der Waals surface area contributed by atoms with Crippen molar-refractivity contribution in [3.8, 4) is 0 Å². The first kappa shape index (κ1) is 10.3. The minimum absolute atomic E-state index is 1.01. The third-order valence-electron chi connectivity index (χ3n) is 1.51. The van der Waals surface area contributed by atoms with Gasteiger partial charge in [0.2, 0.25) is 0 Å². The summed E-state index contributed by atoms with van der Waals surface area (Å²) in [7, 11) is 1.71. The summed E-state index contributed by atoms with van der Waals surface area (Å²) in [5.41, 5.74) is 1.41. The molecule has 0 fully saturated rings. The third kappa shape index (κ3) is 3.87. The molecule has 0 aromatic carbocycles. The van der Waals surface area contributed by atoms with E-state index < -0.39 is 0 Å². The summed E-state index contributed by atoms with van der Waals surface area (Å²) in [4.78, 5) is 0. The van der Waals surface area contributed by atoms with Gasteiger partial charge in [0.25, 0.3) is 0 Å². The van der Waals surface area contributed by atoms with E-state index in [2.05, 4.69) is 19.1 Å². The molecule has 0 unspecified atom stereocenters. The number of hydrogen-bond donors (Lipinski definition) is 0. The summed E-state index contributed by atoms with van der Waals surface area (Å²) in [6.07, 6.45) is 6.52. The van der Waals surface area contributed by atoms with Crippen molar-refractivity contribution in [3.63, 3.8) is 0 Å². The van der Waals surface area contributed by atoms with Crippen LogP contribution in [0.15, 0.2) is 23.5 Å². The van der Waals surface area contributed by atoms with E-state index >= 15 is 0 Å². The van der Waals surface area contributed by atoms with Crippen LogP contribution in [0.2, 0.25) is 0 Å². The Morgan fingerprint density at radius 2 is 2.00 bits per heavy atom. The highest BCUT2D eigenvalue weighted by Crippen LogP contribution is 2.16. The molecule has 0 heterocycles. The molecule has 0 amide bonds. The van der Waals surface area contributed by atoms with E-state index in [0.29, 0.717) is 0 Å². The van der Waals surface area contributed by atoms with Gasteiger partial charge in [-0.1, -0.05) is 19.4 Å². The predicted octanol–water partition coefficient (Wildman–Crippen LogP) is 3.28. The largest absolute Gasteiger partial charge is 0.497 e. The average molecular weight is 154 g/mol. The van der Waals surface area contributed by atoms with Crippen LogP contribution in [0.1, 0.15) is 33.6 Å². The zero-order valence-corrected chi connectivity index (χ0v) is 7.98. The predicted molar refractivity (Wildman–Crippen MR) is 49.4 cm³/mol. The van der Waals surface area contributed by atoms with Gasteiger partial charge >= 0.3 is 0 Å². The highest BCUT2D eigenvalue weighted by molar-refractivity contribution is 5.21. The summed E-state index contributed by atoms with van der Waals surface area (Å²) in [5.74, 6) is 1.01. The van der Waals surface area contributed by atoms with Gasteiger partial charge in [-0.15, -0.1) is 0 Å². The molecule has 0 aromatic heterocycles. The molecular weight excluding hydrogens is 136 g/mol. The van der Waals surface area contributed by atoms with Crippen molar-refractivity contribution in [2.75, 3.05) is 7.11 Å². The lowest BCUT2D eigenvalue weighted by molar-refractivity contribution is 0.303.